The van der Waals surface area contributed by atoms with E-state index in [0.717, 1.165) is 18.8 Å². The van der Waals surface area contributed by atoms with Crippen molar-refractivity contribution in [1.29, 1.82) is 5.26 Å². The van der Waals surface area contributed by atoms with E-state index in [1.165, 1.54) is 25.0 Å². The van der Waals surface area contributed by atoms with Crippen LogP contribution in [0.5, 0.6) is 0 Å². The van der Waals surface area contributed by atoms with Crippen LogP contribution in [0.4, 0.5) is 0 Å². The van der Waals surface area contributed by atoms with Crippen molar-refractivity contribution >= 4 is 11.8 Å². The van der Waals surface area contributed by atoms with Crippen LogP contribution < -0.4 is 0 Å². The normalized spacial score (nSPS) is 27.8. The first kappa shape index (κ1) is 10.9. The van der Waals surface area contributed by atoms with Crippen LogP contribution in [0.3, 0.4) is 0 Å². The fourth-order valence-corrected chi connectivity index (χ4v) is 3.42. The second-order valence-corrected chi connectivity index (χ2v) is 5.42. The summed E-state index contributed by atoms with van der Waals surface area (Å²) in [6.45, 7) is 4.47. The van der Waals surface area contributed by atoms with E-state index in [1.807, 2.05) is 11.8 Å². The Labute approximate surface area is 85.9 Å². The molecule has 1 aliphatic rings. The maximum atomic E-state index is 9.19. The topological polar surface area (TPSA) is 23.8 Å². The van der Waals surface area contributed by atoms with Crippen molar-refractivity contribution in [3.05, 3.63) is 0 Å². The summed E-state index contributed by atoms with van der Waals surface area (Å²) in [6, 6.07) is 2.54. The average molecular weight is 197 g/mol. The van der Waals surface area contributed by atoms with Gasteiger partial charge in [0, 0.05) is 0 Å². The molecule has 2 heteroatoms. The minimum absolute atomic E-state index is 0.0172. The summed E-state index contributed by atoms with van der Waals surface area (Å²) in [7, 11) is 0. The van der Waals surface area contributed by atoms with E-state index in [4.69, 9.17) is 0 Å². The summed E-state index contributed by atoms with van der Waals surface area (Å²) in [6.07, 6.45) is 5.91. The summed E-state index contributed by atoms with van der Waals surface area (Å²) in [5.41, 5.74) is 0. The third kappa shape index (κ3) is 2.64. The zero-order valence-electron chi connectivity index (χ0n) is 8.68. The third-order valence-corrected chi connectivity index (χ3v) is 4.59. The molecule has 0 bridgehead atoms. The van der Waals surface area contributed by atoms with E-state index in [1.54, 1.807) is 0 Å². The highest BCUT2D eigenvalue weighted by molar-refractivity contribution is 8.01. The van der Waals surface area contributed by atoms with Gasteiger partial charge in [-0.2, -0.15) is 5.26 Å². The molecule has 0 aromatic heterocycles. The predicted octanol–water partition coefficient (Wildman–Crippen LogP) is 3.60. The van der Waals surface area contributed by atoms with Crippen molar-refractivity contribution < 1.29 is 0 Å². The number of nitriles is 1. The zero-order valence-corrected chi connectivity index (χ0v) is 9.49. The molecule has 13 heavy (non-hydrogen) atoms. The van der Waals surface area contributed by atoms with E-state index in [-0.39, 0.29) is 4.75 Å². The predicted molar refractivity (Wildman–Crippen MR) is 58.7 cm³/mol. The van der Waals surface area contributed by atoms with Crippen molar-refractivity contribution in [2.75, 3.05) is 5.75 Å². The minimum Gasteiger partial charge on any atom is -0.197 e. The second-order valence-electron chi connectivity index (χ2n) is 3.94. The lowest BCUT2D eigenvalue weighted by molar-refractivity contribution is 0.413. The lowest BCUT2D eigenvalue weighted by Gasteiger charge is -2.24. The van der Waals surface area contributed by atoms with Crippen LogP contribution in [-0.2, 0) is 0 Å². The molecule has 0 aromatic carbocycles. The molecular formula is C11H19NS. The van der Waals surface area contributed by atoms with Crippen LogP contribution >= 0.6 is 11.8 Å². The van der Waals surface area contributed by atoms with Crippen LogP contribution in [0.1, 0.15) is 46.0 Å². The third-order valence-electron chi connectivity index (χ3n) is 3.08. The van der Waals surface area contributed by atoms with E-state index in [2.05, 4.69) is 19.9 Å². The molecular weight excluding hydrogens is 178 g/mol. The molecule has 0 aromatic rings. The zero-order chi connectivity index (χ0) is 9.73. The van der Waals surface area contributed by atoms with Gasteiger partial charge in [-0.05, 0) is 30.9 Å². The molecule has 0 amide bonds. The SMILES string of the molecule is CCC(CC)CC1(C#N)CCCS1. The highest BCUT2D eigenvalue weighted by Crippen LogP contribution is 2.43. The summed E-state index contributed by atoms with van der Waals surface area (Å²) < 4.78 is -0.0172. The van der Waals surface area contributed by atoms with E-state index in [0.29, 0.717) is 0 Å². The minimum atomic E-state index is -0.0172. The van der Waals surface area contributed by atoms with Gasteiger partial charge in [-0.1, -0.05) is 26.7 Å². The maximum absolute atomic E-state index is 9.19. The van der Waals surface area contributed by atoms with E-state index < -0.39 is 0 Å². The van der Waals surface area contributed by atoms with Gasteiger partial charge in [0.15, 0.2) is 0 Å². The van der Waals surface area contributed by atoms with Gasteiger partial charge in [0.1, 0.15) is 4.75 Å². The first-order chi connectivity index (χ1) is 6.26. The van der Waals surface area contributed by atoms with Gasteiger partial charge in [-0.15, -0.1) is 11.8 Å². The Balaban J connectivity index is 2.53. The molecule has 0 saturated carbocycles. The van der Waals surface area contributed by atoms with E-state index >= 15 is 0 Å². The average Bonchev–Trinajstić information content (AvgIpc) is 2.63. The number of nitrogens with zero attached hydrogens (tertiary/aromatic N) is 1. The van der Waals surface area contributed by atoms with Crippen molar-refractivity contribution in [3.8, 4) is 6.07 Å². The Morgan fingerprint density at radius 2 is 2.15 bits per heavy atom. The van der Waals surface area contributed by atoms with Crippen LogP contribution in [0.25, 0.3) is 0 Å². The number of hydrogen-bond donors (Lipinski definition) is 0. The van der Waals surface area contributed by atoms with Crippen molar-refractivity contribution in [2.24, 2.45) is 5.92 Å². The highest BCUT2D eigenvalue weighted by Gasteiger charge is 2.36. The molecule has 1 fully saturated rings. The lowest BCUT2D eigenvalue weighted by Crippen LogP contribution is -2.22. The molecule has 0 radical (unpaired) electrons. The Hall–Kier alpha value is -0.160. The Kier molecular flexibility index (Phi) is 4.12. The summed E-state index contributed by atoms with van der Waals surface area (Å²) in [4.78, 5) is 0. The monoisotopic (exact) mass is 197 g/mol. The summed E-state index contributed by atoms with van der Waals surface area (Å²) >= 11 is 1.89. The Morgan fingerprint density at radius 3 is 2.54 bits per heavy atom. The fourth-order valence-electron chi connectivity index (χ4n) is 2.04. The first-order valence-corrected chi connectivity index (χ1v) is 6.30. The molecule has 0 aliphatic carbocycles. The number of rotatable bonds is 4. The van der Waals surface area contributed by atoms with Gasteiger partial charge in [-0.25, -0.2) is 0 Å². The van der Waals surface area contributed by atoms with Crippen molar-refractivity contribution in [2.45, 2.75) is 50.7 Å². The molecule has 1 unspecified atom stereocenters. The van der Waals surface area contributed by atoms with Gasteiger partial charge >= 0.3 is 0 Å². The molecule has 1 atom stereocenters. The summed E-state index contributed by atoms with van der Waals surface area (Å²) in [5, 5.41) is 9.19. The van der Waals surface area contributed by atoms with Crippen LogP contribution in [-0.4, -0.2) is 10.5 Å². The second kappa shape index (κ2) is 4.91. The summed E-state index contributed by atoms with van der Waals surface area (Å²) in [5.74, 6) is 1.94. The van der Waals surface area contributed by atoms with E-state index in [9.17, 15) is 5.26 Å². The molecule has 1 rings (SSSR count). The standard InChI is InChI=1S/C11H19NS/c1-3-10(4-2)8-11(9-12)6-5-7-13-11/h10H,3-8H2,1-2H3. The molecule has 0 spiro atoms. The lowest BCUT2D eigenvalue weighted by atomic mass is 9.88. The molecule has 74 valence electrons. The van der Waals surface area contributed by atoms with Crippen LogP contribution in [0.15, 0.2) is 0 Å². The van der Waals surface area contributed by atoms with Crippen LogP contribution in [0, 0.1) is 17.2 Å². The quantitative estimate of drug-likeness (QED) is 0.687. The first-order valence-electron chi connectivity index (χ1n) is 5.31. The molecule has 1 heterocycles. The van der Waals surface area contributed by atoms with Gasteiger partial charge in [0.2, 0.25) is 0 Å². The van der Waals surface area contributed by atoms with Crippen LogP contribution in [0.2, 0.25) is 0 Å². The Bertz CT molecular complexity index is 185. The Morgan fingerprint density at radius 1 is 1.46 bits per heavy atom. The fraction of sp³-hybridized carbons (Fsp3) is 0.909. The molecule has 1 aliphatic heterocycles. The van der Waals surface area contributed by atoms with Gasteiger partial charge in [0.25, 0.3) is 0 Å². The number of hydrogen-bond acceptors (Lipinski definition) is 2. The smallest absolute Gasteiger partial charge is 0.103 e. The number of thioether (sulfide) groups is 1. The largest absolute Gasteiger partial charge is 0.197 e. The maximum Gasteiger partial charge on any atom is 0.103 e. The molecule has 1 nitrogen and oxygen atoms in total. The van der Waals surface area contributed by atoms with Crippen molar-refractivity contribution in [1.82, 2.24) is 0 Å². The van der Waals surface area contributed by atoms with Gasteiger partial charge in [-0.3, -0.25) is 0 Å². The highest BCUT2D eigenvalue weighted by atomic mass is 32.2. The van der Waals surface area contributed by atoms with Crippen molar-refractivity contribution in [3.63, 3.8) is 0 Å². The molecule has 0 N–H and O–H groups in total. The van der Waals surface area contributed by atoms with Gasteiger partial charge in [0.05, 0.1) is 6.07 Å². The molecule has 1 saturated heterocycles. The van der Waals surface area contributed by atoms with Gasteiger partial charge < -0.3 is 0 Å².